The van der Waals surface area contributed by atoms with Gasteiger partial charge in [-0.15, -0.1) is 0 Å². The van der Waals surface area contributed by atoms with Crippen LogP contribution in [0.5, 0.6) is 0 Å². The van der Waals surface area contributed by atoms with E-state index in [2.05, 4.69) is 71.7 Å². The van der Waals surface area contributed by atoms with Crippen molar-refractivity contribution in [3.63, 3.8) is 0 Å². The summed E-state index contributed by atoms with van der Waals surface area (Å²) < 4.78 is 7.35. The van der Waals surface area contributed by atoms with Crippen LogP contribution in [0.3, 0.4) is 0 Å². The van der Waals surface area contributed by atoms with Crippen molar-refractivity contribution in [1.29, 1.82) is 0 Å². The van der Waals surface area contributed by atoms with Crippen molar-refractivity contribution in [2.24, 2.45) is 7.05 Å². The van der Waals surface area contributed by atoms with Crippen molar-refractivity contribution in [1.82, 2.24) is 4.57 Å². The maximum atomic E-state index is 5.18. The van der Waals surface area contributed by atoms with Gasteiger partial charge in [0.05, 0.1) is 6.61 Å². The second kappa shape index (κ2) is 6.02. The molecule has 0 saturated carbocycles. The molecule has 3 nitrogen and oxygen atoms in total. The number of ether oxygens (including phenoxy) is 1. The van der Waals surface area contributed by atoms with Gasteiger partial charge in [0.1, 0.15) is 0 Å². The molecule has 0 unspecified atom stereocenters. The molecule has 108 valence electrons. The van der Waals surface area contributed by atoms with Crippen LogP contribution in [0.4, 0.5) is 5.69 Å². The molecule has 0 aliphatic carbocycles. The number of fused-ring (bicyclic) bond motifs is 1. The van der Waals surface area contributed by atoms with Crippen molar-refractivity contribution >= 4 is 16.6 Å². The van der Waals surface area contributed by atoms with Crippen molar-refractivity contribution < 1.29 is 4.74 Å². The highest BCUT2D eigenvalue weighted by atomic mass is 16.5. The lowest BCUT2D eigenvalue weighted by molar-refractivity contribution is 0.185. The average Bonchev–Trinajstić information content (AvgIpc) is 2.83. The number of methoxy groups -OCH3 is 1. The van der Waals surface area contributed by atoms with Crippen LogP contribution in [0.1, 0.15) is 11.1 Å². The number of aryl methyl sites for hydroxylation is 1. The minimum atomic E-state index is 0.643. The van der Waals surface area contributed by atoms with Crippen LogP contribution in [0.25, 0.3) is 10.9 Å². The molecule has 3 rings (SSSR count). The number of nitrogens with one attached hydrogen (secondary N) is 1. The number of nitrogens with zero attached hydrogens (tertiary/aromatic N) is 1. The number of anilines is 1. The fraction of sp³-hybridized carbons (Fsp3) is 0.222. The quantitative estimate of drug-likeness (QED) is 0.766. The first-order chi connectivity index (χ1) is 10.3. The largest absolute Gasteiger partial charge is 0.381 e. The summed E-state index contributed by atoms with van der Waals surface area (Å²) in [7, 11) is 3.81. The predicted octanol–water partition coefficient (Wildman–Crippen LogP) is 3.94. The first kappa shape index (κ1) is 13.7. The summed E-state index contributed by atoms with van der Waals surface area (Å²) in [6.07, 6.45) is 2.19. The summed E-state index contributed by atoms with van der Waals surface area (Å²) in [6, 6.07) is 16.8. The van der Waals surface area contributed by atoms with Crippen LogP contribution < -0.4 is 5.32 Å². The molecule has 0 aliphatic heterocycles. The highest BCUT2D eigenvalue weighted by Crippen LogP contribution is 2.21. The van der Waals surface area contributed by atoms with Gasteiger partial charge in [-0.25, -0.2) is 0 Å². The molecule has 0 spiro atoms. The molecule has 1 heterocycles. The van der Waals surface area contributed by atoms with Crippen molar-refractivity contribution in [3.05, 3.63) is 65.9 Å². The van der Waals surface area contributed by atoms with Gasteiger partial charge in [0.2, 0.25) is 0 Å². The van der Waals surface area contributed by atoms with E-state index in [0.29, 0.717) is 6.61 Å². The zero-order chi connectivity index (χ0) is 14.7. The number of benzene rings is 2. The molecule has 21 heavy (non-hydrogen) atoms. The second-order valence-electron chi connectivity index (χ2n) is 5.27. The van der Waals surface area contributed by atoms with Gasteiger partial charge in [0.15, 0.2) is 0 Å². The maximum absolute atomic E-state index is 5.18. The Balaban J connectivity index is 1.79. The van der Waals surface area contributed by atoms with Crippen LogP contribution in [-0.4, -0.2) is 11.7 Å². The van der Waals surface area contributed by atoms with Crippen molar-refractivity contribution in [2.75, 3.05) is 12.4 Å². The Morgan fingerprint density at radius 1 is 1.10 bits per heavy atom. The third-order valence-electron chi connectivity index (χ3n) is 3.70. The fourth-order valence-electron chi connectivity index (χ4n) is 2.70. The first-order valence-corrected chi connectivity index (χ1v) is 7.12. The summed E-state index contributed by atoms with van der Waals surface area (Å²) >= 11 is 0. The molecule has 0 bridgehead atoms. The molecule has 3 heteroatoms. The van der Waals surface area contributed by atoms with Crippen molar-refractivity contribution in [2.45, 2.75) is 13.2 Å². The highest BCUT2D eigenvalue weighted by Gasteiger charge is 2.05. The highest BCUT2D eigenvalue weighted by molar-refractivity contribution is 5.84. The molecule has 0 atom stereocenters. The lowest BCUT2D eigenvalue weighted by Gasteiger charge is -2.07. The van der Waals surface area contributed by atoms with E-state index in [1.807, 2.05) is 0 Å². The van der Waals surface area contributed by atoms with Gasteiger partial charge in [0, 0.05) is 43.5 Å². The standard InChI is InChI=1S/C18H20N2O/c1-20-12-15(17-8-3-4-9-18(17)20)11-19-16-7-5-6-14(10-16)13-21-2/h3-10,12,19H,11,13H2,1-2H3. The molecule has 1 aromatic heterocycles. The Morgan fingerprint density at radius 3 is 2.81 bits per heavy atom. The van der Waals surface area contributed by atoms with E-state index in [1.165, 1.54) is 22.0 Å². The van der Waals surface area contributed by atoms with Gasteiger partial charge < -0.3 is 14.6 Å². The smallest absolute Gasteiger partial charge is 0.0713 e. The zero-order valence-corrected chi connectivity index (χ0v) is 12.5. The normalized spacial score (nSPS) is 11.0. The van der Waals surface area contributed by atoms with Gasteiger partial charge in [-0.2, -0.15) is 0 Å². The Morgan fingerprint density at radius 2 is 1.95 bits per heavy atom. The average molecular weight is 280 g/mol. The van der Waals surface area contributed by atoms with Gasteiger partial charge in [-0.05, 0) is 29.3 Å². The monoisotopic (exact) mass is 280 g/mol. The van der Waals surface area contributed by atoms with Gasteiger partial charge in [-0.3, -0.25) is 0 Å². The fourth-order valence-corrected chi connectivity index (χ4v) is 2.70. The Bertz CT molecular complexity index is 746. The lowest BCUT2D eigenvalue weighted by Crippen LogP contribution is -1.99. The minimum absolute atomic E-state index is 0.643. The van der Waals surface area contributed by atoms with E-state index in [4.69, 9.17) is 4.74 Å². The minimum Gasteiger partial charge on any atom is -0.381 e. The molecular weight excluding hydrogens is 260 g/mol. The van der Waals surface area contributed by atoms with E-state index < -0.39 is 0 Å². The van der Waals surface area contributed by atoms with Crippen LogP contribution >= 0.6 is 0 Å². The molecule has 3 aromatic rings. The maximum Gasteiger partial charge on any atom is 0.0713 e. The number of hydrogen-bond acceptors (Lipinski definition) is 2. The zero-order valence-electron chi connectivity index (χ0n) is 12.5. The van der Waals surface area contributed by atoms with Gasteiger partial charge >= 0.3 is 0 Å². The van der Waals surface area contributed by atoms with Crippen LogP contribution in [-0.2, 0) is 24.9 Å². The molecule has 0 radical (unpaired) electrons. The molecule has 2 aromatic carbocycles. The third-order valence-corrected chi connectivity index (χ3v) is 3.70. The molecule has 0 amide bonds. The van der Waals surface area contributed by atoms with E-state index >= 15 is 0 Å². The Labute approximate surface area is 125 Å². The second-order valence-corrected chi connectivity index (χ2v) is 5.27. The number of aromatic nitrogens is 1. The third kappa shape index (κ3) is 2.93. The van der Waals surface area contributed by atoms with Crippen LogP contribution in [0.2, 0.25) is 0 Å². The van der Waals surface area contributed by atoms with Gasteiger partial charge in [0.25, 0.3) is 0 Å². The molecule has 0 saturated heterocycles. The Kier molecular flexibility index (Phi) is 3.93. The van der Waals surface area contributed by atoms with E-state index in [9.17, 15) is 0 Å². The van der Waals surface area contributed by atoms with E-state index in [-0.39, 0.29) is 0 Å². The molecule has 1 N–H and O–H groups in total. The summed E-state index contributed by atoms with van der Waals surface area (Å²) in [4.78, 5) is 0. The first-order valence-electron chi connectivity index (χ1n) is 7.12. The SMILES string of the molecule is COCc1cccc(NCc2cn(C)c3ccccc23)c1. The Hall–Kier alpha value is -2.26. The van der Waals surface area contributed by atoms with E-state index in [0.717, 1.165) is 12.2 Å². The molecule has 0 aliphatic rings. The van der Waals surface area contributed by atoms with Gasteiger partial charge in [-0.1, -0.05) is 30.3 Å². The van der Waals surface area contributed by atoms with Crippen LogP contribution in [0.15, 0.2) is 54.7 Å². The number of hydrogen-bond donors (Lipinski definition) is 1. The summed E-state index contributed by atoms with van der Waals surface area (Å²) in [5.41, 5.74) is 4.88. The lowest BCUT2D eigenvalue weighted by atomic mass is 10.1. The number of rotatable bonds is 5. The predicted molar refractivity (Wildman–Crippen MR) is 87.4 cm³/mol. The number of para-hydroxylation sites is 1. The molecular formula is C18H20N2O. The molecule has 0 fully saturated rings. The topological polar surface area (TPSA) is 26.2 Å². The van der Waals surface area contributed by atoms with Crippen molar-refractivity contribution in [3.8, 4) is 0 Å². The summed E-state index contributed by atoms with van der Waals surface area (Å²) in [5, 5.41) is 4.80. The summed E-state index contributed by atoms with van der Waals surface area (Å²) in [6.45, 7) is 1.46. The van der Waals surface area contributed by atoms with E-state index in [1.54, 1.807) is 7.11 Å². The van der Waals surface area contributed by atoms with Crippen LogP contribution in [0, 0.1) is 0 Å². The summed E-state index contributed by atoms with van der Waals surface area (Å²) in [5.74, 6) is 0.